The van der Waals surface area contributed by atoms with Crippen molar-refractivity contribution in [1.29, 1.82) is 0 Å². The number of anilines is 1. The molecule has 0 saturated carbocycles. The molecule has 0 bridgehead atoms. The number of hydrogen-bond acceptors (Lipinski definition) is 2. The summed E-state index contributed by atoms with van der Waals surface area (Å²) >= 11 is 3.51. The molecule has 0 aliphatic carbocycles. The molecule has 2 rings (SSSR count). The second kappa shape index (κ2) is 6.11. The largest absolute Gasteiger partial charge is 0.497 e. The molecule has 1 atom stereocenters. The van der Waals surface area contributed by atoms with Gasteiger partial charge in [-0.3, -0.25) is 0 Å². The lowest BCUT2D eigenvalue weighted by Gasteiger charge is -2.16. The van der Waals surface area contributed by atoms with Crippen LogP contribution in [0.2, 0.25) is 0 Å². The second-order valence-electron chi connectivity index (χ2n) is 4.60. The van der Waals surface area contributed by atoms with Crippen molar-refractivity contribution in [1.82, 2.24) is 0 Å². The van der Waals surface area contributed by atoms with Gasteiger partial charge in [-0.1, -0.05) is 28.1 Å². The average molecular weight is 320 g/mol. The number of ether oxygens (including phenoxy) is 1. The lowest BCUT2D eigenvalue weighted by atomic mass is 10.1. The van der Waals surface area contributed by atoms with E-state index in [2.05, 4.69) is 65.4 Å². The molecule has 0 heterocycles. The average Bonchev–Trinajstić information content (AvgIpc) is 2.43. The highest BCUT2D eigenvalue weighted by atomic mass is 79.9. The Morgan fingerprint density at radius 1 is 1.11 bits per heavy atom. The standard InChI is InChI=1S/C16H18BrNO/c1-11-10-14(6-9-16(11)17)18-12(2)13-4-7-15(19-3)8-5-13/h4-10,12,18H,1-3H3. The van der Waals surface area contributed by atoms with Gasteiger partial charge in [0.1, 0.15) is 5.75 Å². The molecule has 0 radical (unpaired) electrons. The number of rotatable bonds is 4. The van der Waals surface area contributed by atoms with Gasteiger partial charge in [0.05, 0.1) is 7.11 Å². The molecule has 0 aliphatic rings. The van der Waals surface area contributed by atoms with Crippen LogP contribution in [-0.4, -0.2) is 7.11 Å². The van der Waals surface area contributed by atoms with E-state index < -0.39 is 0 Å². The van der Waals surface area contributed by atoms with Gasteiger partial charge in [0.25, 0.3) is 0 Å². The van der Waals surface area contributed by atoms with Crippen LogP contribution in [0.1, 0.15) is 24.1 Å². The summed E-state index contributed by atoms with van der Waals surface area (Å²) < 4.78 is 6.30. The van der Waals surface area contributed by atoms with E-state index in [4.69, 9.17) is 4.74 Å². The maximum Gasteiger partial charge on any atom is 0.118 e. The van der Waals surface area contributed by atoms with Gasteiger partial charge in [0.15, 0.2) is 0 Å². The Labute approximate surface area is 122 Å². The molecular weight excluding hydrogens is 302 g/mol. The molecule has 0 saturated heterocycles. The number of nitrogens with one attached hydrogen (secondary N) is 1. The smallest absolute Gasteiger partial charge is 0.118 e. The van der Waals surface area contributed by atoms with Crippen molar-refractivity contribution >= 4 is 21.6 Å². The van der Waals surface area contributed by atoms with E-state index in [0.29, 0.717) is 0 Å². The molecule has 2 aromatic carbocycles. The van der Waals surface area contributed by atoms with E-state index >= 15 is 0 Å². The molecule has 19 heavy (non-hydrogen) atoms. The number of methoxy groups -OCH3 is 1. The van der Waals surface area contributed by atoms with Gasteiger partial charge >= 0.3 is 0 Å². The Morgan fingerprint density at radius 2 is 1.79 bits per heavy atom. The number of hydrogen-bond donors (Lipinski definition) is 1. The fourth-order valence-corrected chi connectivity index (χ4v) is 2.21. The maximum atomic E-state index is 5.17. The molecule has 100 valence electrons. The summed E-state index contributed by atoms with van der Waals surface area (Å²) in [6, 6.07) is 14.7. The second-order valence-corrected chi connectivity index (χ2v) is 5.46. The first-order valence-corrected chi connectivity index (χ1v) is 7.06. The minimum absolute atomic E-state index is 0.256. The quantitative estimate of drug-likeness (QED) is 0.861. The fraction of sp³-hybridized carbons (Fsp3) is 0.250. The van der Waals surface area contributed by atoms with Crippen LogP contribution in [-0.2, 0) is 0 Å². The highest BCUT2D eigenvalue weighted by molar-refractivity contribution is 9.10. The van der Waals surface area contributed by atoms with Gasteiger partial charge in [-0.25, -0.2) is 0 Å². The van der Waals surface area contributed by atoms with Crippen LogP contribution in [0, 0.1) is 6.92 Å². The SMILES string of the molecule is COc1ccc(C(C)Nc2ccc(Br)c(C)c2)cc1. The summed E-state index contributed by atoms with van der Waals surface area (Å²) in [6.45, 7) is 4.24. The molecule has 2 aromatic rings. The predicted octanol–water partition coefficient (Wildman–Crippen LogP) is 4.94. The Bertz CT molecular complexity index is 551. The van der Waals surface area contributed by atoms with Crippen LogP contribution in [0.4, 0.5) is 5.69 Å². The number of halogens is 1. The zero-order valence-electron chi connectivity index (χ0n) is 11.4. The molecule has 0 spiro atoms. The lowest BCUT2D eigenvalue weighted by molar-refractivity contribution is 0.414. The first kappa shape index (κ1) is 13.9. The van der Waals surface area contributed by atoms with E-state index in [1.54, 1.807) is 7.11 Å². The van der Waals surface area contributed by atoms with Crippen LogP contribution in [0.3, 0.4) is 0 Å². The third-order valence-electron chi connectivity index (χ3n) is 3.16. The first-order valence-electron chi connectivity index (χ1n) is 6.27. The first-order chi connectivity index (χ1) is 9.10. The van der Waals surface area contributed by atoms with Crippen molar-refractivity contribution in [2.75, 3.05) is 12.4 Å². The van der Waals surface area contributed by atoms with E-state index in [9.17, 15) is 0 Å². The zero-order valence-corrected chi connectivity index (χ0v) is 13.0. The van der Waals surface area contributed by atoms with Crippen LogP contribution in [0.15, 0.2) is 46.9 Å². The maximum absolute atomic E-state index is 5.17. The van der Waals surface area contributed by atoms with Crippen LogP contribution >= 0.6 is 15.9 Å². The van der Waals surface area contributed by atoms with Crippen LogP contribution < -0.4 is 10.1 Å². The summed E-state index contributed by atoms with van der Waals surface area (Å²) in [6.07, 6.45) is 0. The van der Waals surface area contributed by atoms with Crippen molar-refractivity contribution in [2.24, 2.45) is 0 Å². The molecule has 2 nitrogen and oxygen atoms in total. The van der Waals surface area contributed by atoms with Gasteiger partial charge in [-0.15, -0.1) is 0 Å². The molecule has 1 unspecified atom stereocenters. The minimum Gasteiger partial charge on any atom is -0.497 e. The summed E-state index contributed by atoms with van der Waals surface area (Å²) in [5.41, 5.74) is 3.59. The summed E-state index contributed by atoms with van der Waals surface area (Å²) in [7, 11) is 1.68. The highest BCUT2D eigenvalue weighted by Gasteiger charge is 2.06. The van der Waals surface area contributed by atoms with Crippen LogP contribution in [0.5, 0.6) is 5.75 Å². The predicted molar refractivity (Wildman–Crippen MR) is 83.9 cm³/mol. The molecule has 0 aromatic heterocycles. The summed E-state index contributed by atoms with van der Waals surface area (Å²) in [4.78, 5) is 0. The van der Waals surface area contributed by atoms with Crippen molar-refractivity contribution in [3.8, 4) is 5.75 Å². The van der Waals surface area contributed by atoms with E-state index in [1.807, 2.05) is 12.1 Å². The molecule has 0 fully saturated rings. The van der Waals surface area contributed by atoms with Gasteiger partial charge in [0.2, 0.25) is 0 Å². The van der Waals surface area contributed by atoms with Crippen LogP contribution in [0.25, 0.3) is 0 Å². The third-order valence-corrected chi connectivity index (χ3v) is 4.05. The lowest BCUT2D eigenvalue weighted by Crippen LogP contribution is -2.06. The fourth-order valence-electron chi connectivity index (χ4n) is 1.96. The highest BCUT2D eigenvalue weighted by Crippen LogP contribution is 2.24. The molecular formula is C16H18BrNO. The molecule has 1 N–H and O–H groups in total. The van der Waals surface area contributed by atoms with Gasteiger partial charge in [0, 0.05) is 16.2 Å². The zero-order chi connectivity index (χ0) is 13.8. The van der Waals surface area contributed by atoms with E-state index in [0.717, 1.165) is 15.9 Å². The molecule has 0 amide bonds. The van der Waals surface area contributed by atoms with E-state index in [-0.39, 0.29) is 6.04 Å². The number of aryl methyl sites for hydroxylation is 1. The Kier molecular flexibility index (Phi) is 4.48. The summed E-state index contributed by atoms with van der Waals surface area (Å²) in [5.74, 6) is 0.885. The Hall–Kier alpha value is -1.48. The van der Waals surface area contributed by atoms with E-state index in [1.165, 1.54) is 11.1 Å². The Morgan fingerprint density at radius 3 is 2.37 bits per heavy atom. The third kappa shape index (κ3) is 3.51. The van der Waals surface area contributed by atoms with Crippen molar-refractivity contribution < 1.29 is 4.74 Å². The monoisotopic (exact) mass is 319 g/mol. The van der Waals surface area contributed by atoms with Gasteiger partial charge in [-0.2, -0.15) is 0 Å². The van der Waals surface area contributed by atoms with Crippen molar-refractivity contribution in [2.45, 2.75) is 19.9 Å². The van der Waals surface area contributed by atoms with Crippen molar-refractivity contribution in [3.05, 3.63) is 58.1 Å². The van der Waals surface area contributed by atoms with Gasteiger partial charge < -0.3 is 10.1 Å². The Balaban J connectivity index is 2.10. The summed E-state index contributed by atoms with van der Waals surface area (Å²) in [5, 5.41) is 3.50. The molecule has 3 heteroatoms. The topological polar surface area (TPSA) is 21.3 Å². The minimum atomic E-state index is 0.256. The molecule has 0 aliphatic heterocycles. The van der Waals surface area contributed by atoms with Crippen molar-refractivity contribution in [3.63, 3.8) is 0 Å². The normalized spacial score (nSPS) is 12.0. The number of benzene rings is 2. The van der Waals surface area contributed by atoms with Gasteiger partial charge in [-0.05, 0) is 55.3 Å².